The number of ether oxygens (including phenoxy) is 2. The highest BCUT2D eigenvalue weighted by atomic mass is 16.7. The van der Waals surface area contributed by atoms with E-state index < -0.39 is 0 Å². The molecule has 0 aromatic carbocycles. The van der Waals surface area contributed by atoms with E-state index in [9.17, 15) is 0 Å². The molecule has 1 heterocycles. The summed E-state index contributed by atoms with van der Waals surface area (Å²) in [5.41, 5.74) is 6.14. The summed E-state index contributed by atoms with van der Waals surface area (Å²) >= 11 is 0. The minimum Gasteiger partial charge on any atom is -0.350 e. The molecule has 1 aliphatic rings. The summed E-state index contributed by atoms with van der Waals surface area (Å²) in [6.45, 7) is 5.96. The molecule has 1 rings (SSSR count). The van der Waals surface area contributed by atoms with E-state index in [4.69, 9.17) is 15.2 Å². The lowest BCUT2D eigenvalue weighted by atomic mass is 9.91. The Morgan fingerprint density at radius 2 is 1.94 bits per heavy atom. The molecule has 2 N–H and O–H groups in total. The van der Waals surface area contributed by atoms with Gasteiger partial charge in [-0.25, -0.2) is 0 Å². The van der Waals surface area contributed by atoms with E-state index in [1.54, 1.807) is 0 Å². The van der Waals surface area contributed by atoms with Crippen LogP contribution in [-0.4, -0.2) is 25.5 Å². The van der Waals surface area contributed by atoms with Crippen LogP contribution in [-0.2, 0) is 9.47 Å². The third-order valence-corrected chi connectivity index (χ3v) is 3.37. The van der Waals surface area contributed by atoms with Gasteiger partial charge in [-0.2, -0.15) is 0 Å². The molecule has 0 aliphatic carbocycles. The fourth-order valence-corrected chi connectivity index (χ4v) is 2.30. The number of hydrogen-bond acceptors (Lipinski definition) is 3. The van der Waals surface area contributed by atoms with Crippen molar-refractivity contribution in [3.63, 3.8) is 0 Å². The fourth-order valence-electron chi connectivity index (χ4n) is 2.30. The summed E-state index contributed by atoms with van der Waals surface area (Å²) in [5, 5.41) is 0. The molecule has 0 spiro atoms. The summed E-state index contributed by atoms with van der Waals surface area (Å²) in [6, 6.07) is 0.227. The maximum Gasteiger partial charge on any atom is 0.159 e. The van der Waals surface area contributed by atoms with Crippen molar-refractivity contribution in [2.75, 3.05) is 13.2 Å². The van der Waals surface area contributed by atoms with Gasteiger partial charge in [-0.1, -0.05) is 39.5 Å². The first kappa shape index (κ1) is 13.9. The van der Waals surface area contributed by atoms with Gasteiger partial charge in [0, 0.05) is 12.5 Å². The van der Waals surface area contributed by atoms with Gasteiger partial charge in [-0.05, 0) is 12.3 Å². The minimum absolute atomic E-state index is 0.0429. The van der Waals surface area contributed by atoms with Crippen molar-refractivity contribution in [1.82, 2.24) is 0 Å². The molecule has 2 unspecified atom stereocenters. The molecule has 0 bridgehead atoms. The van der Waals surface area contributed by atoms with Crippen LogP contribution in [0.5, 0.6) is 0 Å². The highest BCUT2D eigenvalue weighted by molar-refractivity contribution is 4.70. The van der Waals surface area contributed by atoms with E-state index in [-0.39, 0.29) is 12.3 Å². The van der Waals surface area contributed by atoms with Crippen LogP contribution in [0.1, 0.15) is 52.4 Å². The molecule has 2 atom stereocenters. The highest BCUT2D eigenvalue weighted by Gasteiger charge is 2.21. The van der Waals surface area contributed by atoms with Crippen molar-refractivity contribution >= 4 is 0 Å². The lowest BCUT2D eigenvalue weighted by Gasteiger charge is -2.21. The summed E-state index contributed by atoms with van der Waals surface area (Å²) in [6.07, 6.45) is 7.07. The van der Waals surface area contributed by atoms with Gasteiger partial charge < -0.3 is 15.2 Å². The second kappa shape index (κ2) is 8.04. The Morgan fingerprint density at radius 3 is 2.50 bits per heavy atom. The molecule has 1 fully saturated rings. The van der Waals surface area contributed by atoms with Crippen molar-refractivity contribution in [1.29, 1.82) is 0 Å². The molecule has 1 aliphatic heterocycles. The Labute approximate surface area is 99.7 Å². The van der Waals surface area contributed by atoms with E-state index >= 15 is 0 Å². The van der Waals surface area contributed by atoms with E-state index in [0.29, 0.717) is 0 Å². The zero-order chi connectivity index (χ0) is 11.8. The van der Waals surface area contributed by atoms with Crippen LogP contribution in [0.15, 0.2) is 0 Å². The Kier molecular flexibility index (Phi) is 7.01. The van der Waals surface area contributed by atoms with Gasteiger partial charge in [-0.3, -0.25) is 0 Å². The van der Waals surface area contributed by atoms with Crippen LogP contribution in [0.3, 0.4) is 0 Å². The third kappa shape index (κ3) is 5.28. The van der Waals surface area contributed by atoms with E-state index in [1.807, 2.05) is 0 Å². The first-order chi connectivity index (χ1) is 7.76. The number of nitrogens with two attached hydrogens (primary N) is 1. The zero-order valence-corrected chi connectivity index (χ0v) is 10.8. The van der Waals surface area contributed by atoms with Gasteiger partial charge in [0.1, 0.15) is 0 Å². The standard InChI is InChI=1S/C13H27NO2/c1-3-5-6-11(4-2)9-12(14)10-13-15-7-8-16-13/h11-13H,3-10,14H2,1-2H3. The molecular formula is C13H27NO2. The predicted molar refractivity (Wildman–Crippen MR) is 66.2 cm³/mol. The molecule has 16 heavy (non-hydrogen) atoms. The summed E-state index contributed by atoms with van der Waals surface area (Å²) in [4.78, 5) is 0. The molecule has 3 nitrogen and oxygen atoms in total. The smallest absolute Gasteiger partial charge is 0.159 e. The maximum absolute atomic E-state index is 6.14. The number of hydrogen-bond donors (Lipinski definition) is 1. The second-order valence-corrected chi connectivity index (χ2v) is 4.82. The molecule has 0 amide bonds. The average molecular weight is 229 g/mol. The van der Waals surface area contributed by atoms with Crippen molar-refractivity contribution in [3.8, 4) is 0 Å². The van der Waals surface area contributed by atoms with Crippen LogP contribution < -0.4 is 5.73 Å². The largest absolute Gasteiger partial charge is 0.350 e. The van der Waals surface area contributed by atoms with Gasteiger partial charge in [0.25, 0.3) is 0 Å². The van der Waals surface area contributed by atoms with Crippen LogP contribution in [0, 0.1) is 5.92 Å². The lowest BCUT2D eigenvalue weighted by molar-refractivity contribution is -0.0517. The monoisotopic (exact) mass is 229 g/mol. The van der Waals surface area contributed by atoms with Crippen molar-refractivity contribution in [2.24, 2.45) is 11.7 Å². The normalized spacial score (nSPS) is 21.2. The average Bonchev–Trinajstić information content (AvgIpc) is 2.76. The Morgan fingerprint density at radius 1 is 1.25 bits per heavy atom. The molecule has 96 valence electrons. The van der Waals surface area contributed by atoms with Gasteiger partial charge in [-0.15, -0.1) is 0 Å². The SMILES string of the molecule is CCCCC(CC)CC(N)CC1OCCO1. The zero-order valence-electron chi connectivity index (χ0n) is 10.8. The van der Waals surface area contributed by atoms with Crippen molar-refractivity contribution < 1.29 is 9.47 Å². The second-order valence-electron chi connectivity index (χ2n) is 4.82. The quantitative estimate of drug-likeness (QED) is 0.696. The molecule has 3 heteroatoms. The minimum atomic E-state index is -0.0429. The van der Waals surface area contributed by atoms with Gasteiger partial charge >= 0.3 is 0 Å². The van der Waals surface area contributed by atoms with E-state index in [2.05, 4.69) is 13.8 Å². The van der Waals surface area contributed by atoms with Gasteiger partial charge in [0.05, 0.1) is 13.2 Å². The number of unbranched alkanes of at least 4 members (excludes halogenated alkanes) is 1. The molecule has 1 saturated heterocycles. The Bertz CT molecular complexity index is 169. The Hall–Kier alpha value is -0.120. The Balaban J connectivity index is 2.16. The van der Waals surface area contributed by atoms with Crippen molar-refractivity contribution in [3.05, 3.63) is 0 Å². The summed E-state index contributed by atoms with van der Waals surface area (Å²) in [5.74, 6) is 0.774. The topological polar surface area (TPSA) is 44.5 Å². The van der Waals surface area contributed by atoms with Crippen LogP contribution >= 0.6 is 0 Å². The van der Waals surface area contributed by atoms with Crippen LogP contribution in [0.4, 0.5) is 0 Å². The molecule has 0 aromatic rings. The van der Waals surface area contributed by atoms with Crippen molar-refractivity contribution in [2.45, 2.75) is 64.7 Å². The van der Waals surface area contributed by atoms with Crippen LogP contribution in [0.25, 0.3) is 0 Å². The van der Waals surface area contributed by atoms with Crippen LogP contribution in [0.2, 0.25) is 0 Å². The third-order valence-electron chi connectivity index (χ3n) is 3.37. The summed E-state index contributed by atoms with van der Waals surface area (Å²) < 4.78 is 10.8. The van der Waals surface area contributed by atoms with E-state index in [1.165, 1.54) is 25.7 Å². The fraction of sp³-hybridized carbons (Fsp3) is 1.00. The predicted octanol–water partition coefficient (Wildman–Crippen LogP) is 2.68. The molecular weight excluding hydrogens is 202 g/mol. The molecule has 0 saturated carbocycles. The first-order valence-corrected chi connectivity index (χ1v) is 6.75. The highest BCUT2D eigenvalue weighted by Crippen LogP contribution is 2.21. The van der Waals surface area contributed by atoms with Gasteiger partial charge in [0.15, 0.2) is 6.29 Å². The first-order valence-electron chi connectivity index (χ1n) is 6.75. The summed E-state index contributed by atoms with van der Waals surface area (Å²) in [7, 11) is 0. The molecule has 0 aromatic heterocycles. The lowest BCUT2D eigenvalue weighted by Crippen LogP contribution is -2.29. The van der Waals surface area contributed by atoms with E-state index in [0.717, 1.165) is 32.0 Å². The number of rotatable bonds is 8. The molecule has 0 radical (unpaired) electrons. The van der Waals surface area contributed by atoms with Gasteiger partial charge in [0.2, 0.25) is 0 Å². The maximum atomic E-state index is 6.14.